The van der Waals surface area contributed by atoms with E-state index in [1.54, 1.807) is 24.3 Å². The molecule has 1 saturated carbocycles. The van der Waals surface area contributed by atoms with Gasteiger partial charge in [-0.2, -0.15) is 0 Å². The molecular weight excluding hydrogens is 805 g/mol. The van der Waals surface area contributed by atoms with Crippen LogP contribution >= 0.6 is 0 Å². The maximum atomic E-state index is 10.7. The lowest BCUT2D eigenvalue weighted by atomic mass is 9.67. The van der Waals surface area contributed by atoms with Crippen molar-refractivity contribution in [1.29, 1.82) is 0 Å². The normalized spacial score (nSPS) is 14.0. The highest BCUT2D eigenvalue weighted by molar-refractivity contribution is 5.79. The van der Waals surface area contributed by atoms with Crippen molar-refractivity contribution in [1.82, 2.24) is 0 Å². The summed E-state index contributed by atoms with van der Waals surface area (Å²) in [6, 6.07) is 15.8. The molecule has 0 aliphatic heterocycles. The summed E-state index contributed by atoms with van der Waals surface area (Å²) in [5.74, 6) is 1.34. The van der Waals surface area contributed by atoms with Gasteiger partial charge in [0, 0.05) is 14.2 Å². The van der Waals surface area contributed by atoms with Crippen molar-refractivity contribution in [2.45, 2.75) is 31.5 Å². The van der Waals surface area contributed by atoms with Gasteiger partial charge in [-0.05, 0) is 83.7 Å². The van der Waals surface area contributed by atoms with Crippen LogP contribution in [0.1, 0.15) is 25.0 Å². The number of carbonyl (C=O) groups is 4. The van der Waals surface area contributed by atoms with Crippen LogP contribution in [0, 0.1) is 0 Å². The Morgan fingerprint density at radius 2 is 0.952 bits per heavy atom. The summed E-state index contributed by atoms with van der Waals surface area (Å²) in [6.45, 7) is 36.3. The van der Waals surface area contributed by atoms with E-state index in [2.05, 4.69) is 52.6 Å². The first kappa shape index (κ1) is 58.7. The smallest absolute Gasteiger partial charge is 0.293 e. The van der Waals surface area contributed by atoms with Gasteiger partial charge in [0.25, 0.3) is 12.9 Å². The second-order valence-electron chi connectivity index (χ2n) is 12.4. The van der Waals surface area contributed by atoms with E-state index in [0.717, 1.165) is 33.4 Å². The molecule has 0 N–H and O–H groups in total. The Bertz CT molecular complexity index is 1690. The third-order valence-corrected chi connectivity index (χ3v) is 8.04. The van der Waals surface area contributed by atoms with Crippen molar-refractivity contribution in [2.75, 3.05) is 67.1 Å². The van der Waals surface area contributed by atoms with Crippen molar-refractivity contribution in [3.8, 4) is 11.5 Å². The summed E-state index contributed by atoms with van der Waals surface area (Å²) >= 11 is 0. The first-order valence-corrected chi connectivity index (χ1v) is 19.7. The number of hydrogen-bond donors (Lipinski definition) is 0. The number of rotatable bonds is 26. The molecule has 1 aliphatic carbocycles. The zero-order valence-corrected chi connectivity index (χ0v) is 37.4. The average Bonchev–Trinajstić information content (AvgIpc) is 3.50. The molecule has 63 heavy (non-hydrogen) atoms. The highest BCUT2D eigenvalue weighted by atomic mass is 16.6. The van der Waals surface area contributed by atoms with E-state index < -0.39 is 11.5 Å². The van der Waals surface area contributed by atoms with Gasteiger partial charge in [-0.15, -0.1) is 13.2 Å². The molecule has 1 aliphatic rings. The zero-order valence-electron chi connectivity index (χ0n) is 37.4. The molecule has 0 amide bonds. The number of methoxy groups -OCH3 is 2. The van der Waals surface area contributed by atoms with E-state index in [9.17, 15) is 9.59 Å². The molecule has 342 valence electrons. The average molecular weight is 871 g/mol. The molecule has 12 heteroatoms. The van der Waals surface area contributed by atoms with E-state index >= 15 is 0 Å². The van der Waals surface area contributed by atoms with E-state index in [1.165, 1.54) is 26.4 Å². The Balaban J connectivity index is 0. The van der Waals surface area contributed by atoms with Gasteiger partial charge in [-0.1, -0.05) is 100 Å². The van der Waals surface area contributed by atoms with Crippen LogP contribution < -0.4 is 9.47 Å². The quantitative estimate of drug-likeness (QED) is 0.0387. The van der Waals surface area contributed by atoms with Crippen LogP contribution in [0.4, 0.5) is 0 Å². The predicted octanol–water partition coefficient (Wildman–Crippen LogP) is 8.62. The van der Waals surface area contributed by atoms with Crippen molar-refractivity contribution in [2.24, 2.45) is 0 Å². The van der Waals surface area contributed by atoms with Crippen LogP contribution in [0.15, 0.2) is 172 Å². The largest absolute Gasteiger partial charge is 0.491 e. The fraction of sp³-hybridized carbons (Fsp3) is 0.294. The lowest BCUT2D eigenvalue weighted by molar-refractivity contribution is -0.140. The summed E-state index contributed by atoms with van der Waals surface area (Å²) in [6.07, 6.45) is 13.8. The van der Waals surface area contributed by atoms with Gasteiger partial charge >= 0.3 is 0 Å². The second-order valence-corrected chi connectivity index (χ2v) is 12.4. The maximum absolute atomic E-state index is 10.7. The van der Waals surface area contributed by atoms with Crippen molar-refractivity contribution < 1.29 is 57.1 Å². The molecule has 3 rings (SSSR count). The molecular formula is C51H66O12. The summed E-state index contributed by atoms with van der Waals surface area (Å²) in [5.41, 5.74) is 4.67. The van der Waals surface area contributed by atoms with Gasteiger partial charge in [0.15, 0.2) is 0 Å². The van der Waals surface area contributed by atoms with Gasteiger partial charge < -0.3 is 37.9 Å². The third-order valence-electron chi connectivity index (χ3n) is 8.04. The molecule has 2 unspecified atom stereocenters. The SMILES string of the molecule is C=C/C=C1\C(=C)C(=C)/C(=C\C=C)C1(c1ccc(OCCOCC(COC=O)OC)cc1)c1ccc(OCCOCC(COC)OC=O)cc1.C=CC.C=CC.C=CC=O.C=CC=O. The van der Waals surface area contributed by atoms with Crippen molar-refractivity contribution in [3.05, 3.63) is 183 Å². The summed E-state index contributed by atoms with van der Waals surface area (Å²) in [4.78, 5) is 39.2. The molecule has 2 aromatic rings. The van der Waals surface area contributed by atoms with Crippen LogP contribution in [0.25, 0.3) is 0 Å². The monoisotopic (exact) mass is 870 g/mol. The number of hydrogen-bond acceptors (Lipinski definition) is 12. The molecule has 0 spiro atoms. The van der Waals surface area contributed by atoms with Gasteiger partial charge in [-0.3, -0.25) is 19.2 Å². The first-order valence-electron chi connectivity index (χ1n) is 19.7. The van der Waals surface area contributed by atoms with Gasteiger partial charge in [-0.25, -0.2) is 0 Å². The van der Waals surface area contributed by atoms with Crippen molar-refractivity contribution >= 4 is 25.5 Å². The predicted molar refractivity (Wildman–Crippen MR) is 251 cm³/mol. The lowest BCUT2D eigenvalue weighted by Gasteiger charge is -2.34. The Morgan fingerprint density at radius 3 is 1.27 bits per heavy atom. The van der Waals surface area contributed by atoms with Gasteiger partial charge in [0.05, 0.1) is 38.4 Å². The van der Waals surface area contributed by atoms with E-state index in [4.69, 9.17) is 47.5 Å². The number of benzene rings is 2. The molecule has 2 aromatic carbocycles. The molecule has 1 fully saturated rings. The molecule has 0 bridgehead atoms. The van der Waals surface area contributed by atoms with Gasteiger partial charge in [0.2, 0.25) is 0 Å². The minimum Gasteiger partial charge on any atom is -0.491 e. The molecule has 2 atom stereocenters. The number of aldehydes is 2. The molecule has 0 saturated heterocycles. The van der Waals surface area contributed by atoms with Crippen LogP contribution in [0.5, 0.6) is 11.5 Å². The Morgan fingerprint density at radius 1 is 0.556 bits per heavy atom. The van der Waals surface area contributed by atoms with Gasteiger partial charge in [0.1, 0.15) is 56.1 Å². The first-order chi connectivity index (χ1) is 30.6. The van der Waals surface area contributed by atoms with E-state index in [-0.39, 0.29) is 32.5 Å². The standard InChI is InChI=1S/C39H46O10.2C3H4O.2C3H6/c1-7-9-37-29(3)30(4)38(10-8-2)39(37,31-11-15-33(16-12-31)47-21-19-44-24-35(43-6)25-46-27-40)32-13-17-34(18-14-32)48-22-20-45-26-36(23-42-5)49-28-41;2*1-2-3-4;2*1-3-2/h7-18,27-28,35-36H,1-4,19-26H2,5-6H3;2*2-3H,1H2;2*3H,1H2,2H3/b37-9+,38-10+;;;;. The lowest BCUT2D eigenvalue weighted by Crippen LogP contribution is -2.28. The van der Waals surface area contributed by atoms with Crippen LogP contribution in [-0.4, -0.2) is 105 Å². The van der Waals surface area contributed by atoms with Crippen LogP contribution in [-0.2, 0) is 53.0 Å². The minimum absolute atomic E-state index is 0.120. The third kappa shape index (κ3) is 21.8. The molecule has 0 radical (unpaired) electrons. The Kier molecular flexibility index (Phi) is 35.8. The number of carbonyl (C=O) groups excluding carboxylic acids is 4. The van der Waals surface area contributed by atoms with E-state index in [1.807, 2.05) is 74.5 Å². The highest BCUT2D eigenvalue weighted by Crippen LogP contribution is 2.57. The number of allylic oxidation sites excluding steroid dienone is 12. The highest BCUT2D eigenvalue weighted by Gasteiger charge is 2.49. The summed E-state index contributed by atoms with van der Waals surface area (Å²) in [7, 11) is 3.06. The molecule has 12 nitrogen and oxygen atoms in total. The second kappa shape index (κ2) is 38.5. The Hall–Kier alpha value is -6.44. The topological polar surface area (TPSA) is 142 Å². The summed E-state index contributed by atoms with van der Waals surface area (Å²) in [5, 5.41) is 0. The maximum Gasteiger partial charge on any atom is 0.293 e. The fourth-order valence-corrected chi connectivity index (χ4v) is 5.59. The van der Waals surface area contributed by atoms with Crippen LogP contribution in [0.3, 0.4) is 0 Å². The molecule has 0 heterocycles. The Labute approximate surface area is 374 Å². The summed E-state index contributed by atoms with van der Waals surface area (Å²) < 4.78 is 43.1. The molecule has 0 aromatic heterocycles. The zero-order chi connectivity index (χ0) is 47.7. The number of ether oxygens (including phenoxy) is 8. The van der Waals surface area contributed by atoms with E-state index in [0.29, 0.717) is 63.4 Å². The van der Waals surface area contributed by atoms with Crippen LogP contribution in [0.2, 0.25) is 0 Å². The fourth-order valence-electron chi connectivity index (χ4n) is 5.59. The van der Waals surface area contributed by atoms with Crippen molar-refractivity contribution in [3.63, 3.8) is 0 Å². The minimum atomic E-state index is -0.770.